The van der Waals surface area contributed by atoms with Gasteiger partial charge in [-0.2, -0.15) is 0 Å². The van der Waals surface area contributed by atoms with Crippen molar-refractivity contribution in [3.63, 3.8) is 0 Å². The SMILES string of the molecule is C=C1Cc2cccnc2-c2ncccc21. The van der Waals surface area contributed by atoms with E-state index in [4.69, 9.17) is 0 Å². The molecule has 0 N–H and O–H groups in total. The Labute approximate surface area is 88.3 Å². The molecule has 0 fully saturated rings. The summed E-state index contributed by atoms with van der Waals surface area (Å²) >= 11 is 0. The molecule has 2 heteroatoms. The van der Waals surface area contributed by atoms with Crippen molar-refractivity contribution in [2.75, 3.05) is 0 Å². The van der Waals surface area contributed by atoms with Gasteiger partial charge in [0.15, 0.2) is 0 Å². The van der Waals surface area contributed by atoms with Crippen LogP contribution < -0.4 is 0 Å². The van der Waals surface area contributed by atoms with Gasteiger partial charge in [0.1, 0.15) is 0 Å². The third-order valence-electron chi connectivity index (χ3n) is 2.71. The van der Waals surface area contributed by atoms with Crippen LogP contribution in [0.5, 0.6) is 0 Å². The van der Waals surface area contributed by atoms with Gasteiger partial charge in [0.05, 0.1) is 11.4 Å². The molecule has 3 rings (SSSR count). The summed E-state index contributed by atoms with van der Waals surface area (Å²) in [5.74, 6) is 0. The Morgan fingerprint density at radius 1 is 1.00 bits per heavy atom. The first-order chi connectivity index (χ1) is 7.36. The molecule has 2 heterocycles. The van der Waals surface area contributed by atoms with Crippen LogP contribution in [0.15, 0.2) is 43.2 Å². The van der Waals surface area contributed by atoms with E-state index in [-0.39, 0.29) is 0 Å². The molecule has 0 amide bonds. The van der Waals surface area contributed by atoms with Crippen molar-refractivity contribution in [1.82, 2.24) is 9.97 Å². The Kier molecular flexibility index (Phi) is 1.68. The van der Waals surface area contributed by atoms with E-state index in [1.165, 1.54) is 5.56 Å². The van der Waals surface area contributed by atoms with Crippen molar-refractivity contribution in [3.05, 3.63) is 54.4 Å². The highest BCUT2D eigenvalue weighted by Gasteiger charge is 2.19. The van der Waals surface area contributed by atoms with Crippen molar-refractivity contribution in [3.8, 4) is 11.4 Å². The Morgan fingerprint density at radius 3 is 2.60 bits per heavy atom. The lowest BCUT2D eigenvalue weighted by Gasteiger charge is -2.19. The largest absolute Gasteiger partial charge is 0.254 e. The van der Waals surface area contributed by atoms with Crippen LogP contribution in [-0.4, -0.2) is 9.97 Å². The van der Waals surface area contributed by atoms with Crippen LogP contribution in [0.2, 0.25) is 0 Å². The number of hydrogen-bond donors (Lipinski definition) is 0. The maximum atomic E-state index is 4.39. The number of rotatable bonds is 0. The van der Waals surface area contributed by atoms with E-state index in [0.29, 0.717) is 0 Å². The number of allylic oxidation sites excluding steroid dienone is 1. The highest BCUT2D eigenvalue weighted by Crippen LogP contribution is 2.34. The van der Waals surface area contributed by atoms with E-state index in [9.17, 15) is 0 Å². The predicted molar refractivity (Wildman–Crippen MR) is 60.2 cm³/mol. The third-order valence-corrected chi connectivity index (χ3v) is 2.71. The van der Waals surface area contributed by atoms with E-state index in [2.05, 4.69) is 28.7 Å². The van der Waals surface area contributed by atoms with Crippen molar-refractivity contribution in [2.45, 2.75) is 6.42 Å². The van der Waals surface area contributed by atoms with Crippen molar-refractivity contribution >= 4 is 5.57 Å². The Balaban J connectivity index is 2.34. The fourth-order valence-corrected chi connectivity index (χ4v) is 2.00. The molecule has 0 unspecified atom stereocenters. The molecule has 0 aliphatic heterocycles. The van der Waals surface area contributed by atoms with E-state index < -0.39 is 0 Å². The molecule has 0 saturated heterocycles. The van der Waals surface area contributed by atoms with Crippen LogP contribution in [0.1, 0.15) is 11.1 Å². The number of aromatic nitrogens is 2. The standard InChI is InChI=1S/C13H10N2/c1-9-8-10-4-2-6-14-12(10)13-11(9)5-3-7-15-13/h2-7H,1,8H2. The minimum atomic E-state index is 0.877. The molecule has 72 valence electrons. The lowest BCUT2D eigenvalue weighted by molar-refractivity contribution is 1.13. The van der Waals surface area contributed by atoms with Crippen molar-refractivity contribution in [1.29, 1.82) is 0 Å². The van der Waals surface area contributed by atoms with Gasteiger partial charge in [-0.1, -0.05) is 18.7 Å². The quantitative estimate of drug-likeness (QED) is 0.644. The Hall–Kier alpha value is -1.96. The molecule has 15 heavy (non-hydrogen) atoms. The van der Waals surface area contributed by atoms with Crippen molar-refractivity contribution in [2.24, 2.45) is 0 Å². The second-order valence-corrected chi connectivity index (χ2v) is 3.69. The smallest absolute Gasteiger partial charge is 0.0963 e. The van der Waals surface area contributed by atoms with Crippen LogP contribution >= 0.6 is 0 Å². The summed E-state index contributed by atoms with van der Waals surface area (Å²) in [6, 6.07) is 8.05. The zero-order valence-corrected chi connectivity index (χ0v) is 8.27. The molecular weight excluding hydrogens is 184 g/mol. The first kappa shape index (κ1) is 8.36. The predicted octanol–water partition coefficient (Wildman–Crippen LogP) is 2.71. The van der Waals surface area contributed by atoms with Crippen molar-refractivity contribution < 1.29 is 0 Å². The summed E-state index contributed by atoms with van der Waals surface area (Å²) in [5, 5.41) is 0. The molecule has 2 nitrogen and oxygen atoms in total. The molecule has 0 spiro atoms. The first-order valence-corrected chi connectivity index (χ1v) is 4.93. The molecule has 0 bridgehead atoms. The average molecular weight is 194 g/mol. The topological polar surface area (TPSA) is 25.8 Å². The van der Waals surface area contributed by atoms with Gasteiger partial charge in [0, 0.05) is 18.0 Å². The van der Waals surface area contributed by atoms with Gasteiger partial charge in [-0.15, -0.1) is 0 Å². The molecule has 2 aromatic rings. The molecular formula is C13H10N2. The molecule has 0 aromatic carbocycles. The number of fused-ring (bicyclic) bond motifs is 3. The van der Waals surface area contributed by atoms with Crippen LogP contribution in [-0.2, 0) is 6.42 Å². The molecule has 0 saturated carbocycles. The van der Waals surface area contributed by atoms with E-state index in [1.54, 1.807) is 6.20 Å². The highest BCUT2D eigenvalue weighted by molar-refractivity contribution is 5.83. The molecule has 0 atom stereocenters. The third kappa shape index (κ3) is 1.18. The van der Waals surface area contributed by atoms with Crippen LogP contribution in [0.3, 0.4) is 0 Å². The normalized spacial score (nSPS) is 13.2. The van der Waals surface area contributed by atoms with Crippen LogP contribution in [0, 0.1) is 0 Å². The molecule has 1 aliphatic carbocycles. The summed E-state index contributed by atoms with van der Waals surface area (Å²) in [6.07, 6.45) is 4.49. The summed E-state index contributed by atoms with van der Waals surface area (Å²) < 4.78 is 0. The first-order valence-electron chi connectivity index (χ1n) is 4.93. The minimum absolute atomic E-state index is 0.877. The summed E-state index contributed by atoms with van der Waals surface area (Å²) in [4.78, 5) is 8.78. The van der Waals surface area contributed by atoms with Gasteiger partial charge in [0.2, 0.25) is 0 Å². The second kappa shape index (κ2) is 3.02. The van der Waals surface area contributed by atoms with Gasteiger partial charge >= 0.3 is 0 Å². The van der Waals surface area contributed by atoms with Gasteiger partial charge in [0.25, 0.3) is 0 Å². The van der Waals surface area contributed by atoms with E-state index in [1.807, 2.05) is 18.3 Å². The lowest BCUT2D eigenvalue weighted by Crippen LogP contribution is -2.05. The van der Waals surface area contributed by atoms with Gasteiger partial charge in [-0.3, -0.25) is 9.97 Å². The zero-order valence-electron chi connectivity index (χ0n) is 8.27. The molecule has 0 radical (unpaired) electrons. The van der Waals surface area contributed by atoms with Gasteiger partial charge in [-0.25, -0.2) is 0 Å². The minimum Gasteiger partial charge on any atom is -0.254 e. The second-order valence-electron chi connectivity index (χ2n) is 3.69. The molecule has 2 aromatic heterocycles. The fourth-order valence-electron chi connectivity index (χ4n) is 2.00. The number of pyridine rings is 2. The summed E-state index contributed by atoms with van der Waals surface area (Å²) in [7, 11) is 0. The van der Waals surface area contributed by atoms with Gasteiger partial charge < -0.3 is 0 Å². The lowest BCUT2D eigenvalue weighted by atomic mass is 9.89. The number of hydrogen-bond acceptors (Lipinski definition) is 2. The van der Waals surface area contributed by atoms with Gasteiger partial charge in [-0.05, 0) is 29.7 Å². The average Bonchev–Trinajstić information content (AvgIpc) is 2.30. The maximum Gasteiger partial charge on any atom is 0.0963 e. The number of nitrogens with zero attached hydrogens (tertiary/aromatic N) is 2. The zero-order chi connectivity index (χ0) is 10.3. The Bertz CT molecular complexity index is 544. The monoisotopic (exact) mass is 194 g/mol. The molecule has 1 aliphatic rings. The van der Waals surface area contributed by atoms with Crippen LogP contribution in [0.4, 0.5) is 0 Å². The maximum absolute atomic E-state index is 4.39. The Morgan fingerprint density at radius 2 is 1.73 bits per heavy atom. The van der Waals surface area contributed by atoms with Crippen LogP contribution in [0.25, 0.3) is 17.0 Å². The summed E-state index contributed by atoms with van der Waals surface area (Å²) in [6.45, 7) is 4.09. The summed E-state index contributed by atoms with van der Waals surface area (Å²) in [5.41, 5.74) is 5.43. The highest BCUT2D eigenvalue weighted by atomic mass is 14.8. The fraction of sp³-hybridized carbons (Fsp3) is 0.0769. The van der Waals surface area contributed by atoms with E-state index >= 15 is 0 Å². The van der Waals surface area contributed by atoms with E-state index in [0.717, 1.165) is 28.9 Å².